The second kappa shape index (κ2) is 8.72. The number of hydrogen-bond acceptors (Lipinski definition) is 4. The van der Waals surface area contributed by atoms with Gasteiger partial charge >= 0.3 is 0 Å². The molecule has 0 aliphatic heterocycles. The van der Waals surface area contributed by atoms with Crippen LogP contribution in [0, 0.1) is 24.2 Å². The normalized spacial score (nSPS) is 11.8. The van der Waals surface area contributed by atoms with Crippen LogP contribution in [0.25, 0.3) is 0 Å². The van der Waals surface area contributed by atoms with Crippen molar-refractivity contribution in [3.63, 3.8) is 0 Å². The Morgan fingerprint density at radius 3 is 2.23 bits per heavy atom. The summed E-state index contributed by atoms with van der Waals surface area (Å²) in [4.78, 5) is 16.8. The molecule has 0 spiro atoms. The molecule has 2 aromatic heterocycles. The highest BCUT2D eigenvalue weighted by Gasteiger charge is 2.24. The molecule has 0 N–H and O–H groups in total. The van der Waals surface area contributed by atoms with E-state index >= 15 is 0 Å². The minimum absolute atomic E-state index is 0.0715. The molecule has 5 heteroatoms. The fourth-order valence-corrected chi connectivity index (χ4v) is 3.64. The third-order valence-corrected chi connectivity index (χ3v) is 5.08. The molecule has 0 saturated carbocycles. The van der Waals surface area contributed by atoms with Crippen LogP contribution in [0.15, 0.2) is 35.0 Å². The van der Waals surface area contributed by atoms with E-state index in [2.05, 4.69) is 13.0 Å². The Bertz CT molecular complexity index is 563. The number of nitriles is 1. The predicted octanol–water partition coefficient (Wildman–Crippen LogP) is 4.48. The monoisotopic (exact) mass is 331 g/mol. The van der Waals surface area contributed by atoms with Gasteiger partial charge in [-0.25, -0.2) is 0 Å². The van der Waals surface area contributed by atoms with Crippen LogP contribution in [0.2, 0.25) is 0 Å². The van der Waals surface area contributed by atoms with Crippen LogP contribution in [-0.4, -0.2) is 10.8 Å². The third kappa shape index (κ3) is 4.69. The molecule has 0 aromatic carbocycles. The summed E-state index contributed by atoms with van der Waals surface area (Å²) >= 11 is 3.27. The molecule has 1 radical (unpaired) electrons. The van der Waals surface area contributed by atoms with Crippen molar-refractivity contribution in [2.24, 2.45) is 5.92 Å². The van der Waals surface area contributed by atoms with Crippen LogP contribution in [0.5, 0.6) is 0 Å². The van der Waals surface area contributed by atoms with E-state index in [4.69, 9.17) is 0 Å². The van der Waals surface area contributed by atoms with Gasteiger partial charge in [0.15, 0.2) is 0 Å². The van der Waals surface area contributed by atoms with Crippen molar-refractivity contribution in [2.45, 2.75) is 32.4 Å². The average molecular weight is 331 g/mol. The molecule has 3 nitrogen and oxygen atoms in total. The zero-order valence-corrected chi connectivity index (χ0v) is 14.0. The Morgan fingerprint density at radius 2 is 1.82 bits per heavy atom. The maximum absolute atomic E-state index is 12.7. The van der Waals surface area contributed by atoms with E-state index in [0.717, 1.165) is 22.6 Å². The highest BCUT2D eigenvalue weighted by molar-refractivity contribution is 7.10. The number of amides is 1. The fourth-order valence-electron chi connectivity index (χ4n) is 2.21. The van der Waals surface area contributed by atoms with E-state index in [1.165, 1.54) is 0 Å². The van der Waals surface area contributed by atoms with Gasteiger partial charge in [-0.3, -0.25) is 4.79 Å². The summed E-state index contributed by atoms with van der Waals surface area (Å²) in [7, 11) is 0. The number of carbonyl (C=O) groups is 1. The summed E-state index contributed by atoms with van der Waals surface area (Å²) in [6.07, 6.45) is 2.14. The number of rotatable bonds is 8. The maximum atomic E-state index is 12.7. The lowest BCUT2D eigenvalue weighted by Gasteiger charge is -2.24. The second-order valence-corrected chi connectivity index (χ2v) is 7.09. The molecule has 2 heterocycles. The lowest BCUT2D eigenvalue weighted by Crippen LogP contribution is -2.34. The molecule has 2 rings (SSSR count). The summed E-state index contributed by atoms with van der Waals surface area (Å²) in [6, 6.07) is 10.2. The molecule has 0 aliphatic carbocycles. The summed E-state index contributed by atoms with van der Waals surface area (Å²) in [5.74, 6) is -0.639. The Hall–Kier alpha value is -1.64. The first-order valence-electron chi connectivity index (χ1n) is 7.27. The summed E-state index contributed by atoms with van der Waals surface area (Å²) in [6.45, 7) is 4.92. The third-order valence-electron chi connectivity index (χ3n) is 3.36. The molecule has 0 bridgehead atoms. The molecule has 0 saturated heterocycles. The Balaban J connectivity index is 2.11. The first kappa shape index (κ1) is 16.7. The van der Waals surface area contributed by atoms with Crippen LogP contribution in [-0.2, 0) is 17.9 Å². The van der Waals surface area contributed by atoms with Crippen LogP contribution < -0.4 is 0 Å². The summed E-state index contributed by atoms with van der Waals surface area (Å²) < 4.78 is 0. The van der Waals surface area contributed by atoms with Crippen molar-refractivity contribution in [2.75, 3.05) is 0 Å². The van der Waals surface area contributed by atoms with Gasteiger partial charge in [-0.2, -0.15) is 5.26 Å². The van der Waals surface area contributed by atoms with Crippen molar-refractivity contribution in [1.29, 1.82) is 5.26 Å². The first-order valence-corrected chi connectivity index (χ1v) is 9.03. The van der Waals surface area contributed by atoms with Crippen molar-refractivity contribution in [3.8, 4) is 6.07 Å². The smallest absolute Gasteiger partial charge is 0.240 e. The lowest BCUT2D eigenvalue weighted by molar-refractivity contribution is -0.135. The van der Waals surface area contributed by atoms with E-state index < -0.39 is 5.92 Å². The van der Waals surface area contributed by atoms with E-state index in [9.17, 15) is 10.1 Å². The van der Waals surface area contributed by atoms with Crippen LogP contribution >= 0.6 is 22.7 Å². The molecular formula is C17H19N2OS2. The molecule has 0 aliphatic rings. The van der Waals surface area contributed by atoms with Crippen LogP contribution in [0.1, 0.15) is 29.0 Å². The van der Waals surface area contributed by atoms with Gasteiger partial charge in [0.1, 0.15) is 5.92 Å². The molecule has 0 fully saturated rings. The van der Waals surface area contributed by atoms with Gasteiger partial charge in [0.25, 0.3) is 0 Å². The quantitative estimate of drug-likeness (QED) is 0.715. The number of unbranched alkanes of at least 4 members (excludes halogenated alkanes) is 1. The zero-order chi connectivity index (χ0) is 15.8. The van der Waals surface area contributed by atoms with E-state index in [-0.39, 0.29) is 5.91 Å². The molecule has 2 aromatic rings. The number of thiophene rings is 2. The topological polar surface area (TPSA) is 44.1 Å². The van der Waals surface area contributed by atoms with E-state index in [1.54, 1.807) is 27.6 Å². The van der Waals surface area contributed by atoms with Gasteiger partial charge in [0.05, 0.1) is 19.2 Å². The van der Waals surface area contributed by atoms with Gasteiger partial charge in [-0.05, 0) is 29.3 Å². The highest BCUT2D eigenvalue weighted by Crippen LogP contribution is 2.20. The number of nitrogens with zero attached hydrogens (tertiary/aromatic N) is 2. The summed E-state index contributed by atoms with van der Waals surface area (Å²) in [5, 5.41) is 13.3. The Labute approximate surface area is 139 Å². The SMILES string of the molecule is [CH2]CCC[C@@H](C#N)C(=O)N(Cc1cccs1)Cc1cccs1. The molecule has 1 atom stereocenters. The fraction of sp³-hybridized carbons (Fsp3) is 0.353. The van der Waals surface area contributed by atoms with Crippen molar-refractivity contribution in [1.82, 2.24) is 4.90 Å². The molecule has 0 unspecified atom stereocenters. The average Bonchev–Trinajstić information content (AvgIpc) is 3.20. The Morgan fingerprint density at radius 1 is 1.23 bits per heavy atom. The minimum Gasteiger partial charge on any atom is -0.331 e. The van der Waals surface area contributed by atoms with Gasteiger partial charge in [0, 0.05) is 9.75 Å². The molecule has 115 valence electrons. The highest BCUT2D eigenvalue weighted by atomic mass is 32.1. The number of hydrogen-bond donors (Lipinski definition) is 0. The van der Waals surface area contributed by atoms with Gasteiger partial charge in [-0.1, -0.05) is 31.9 Å². The van der Waals surface area contributed by atoms with Crippen molar-refractivity contribution >= 4 is 28.6 Å². The predicted molar refractivity (Wildman–Crippen MR) is 91.2 cm³/mol. The second-order valence-electron chi connectivity index (χ2n) is 5.03. The van der Waals surface area contributed by atoms with Crippen LogP contribution in [0.3, 0.4) is 0 Å². The number of carbonyl (C=O) groups excluding carboxylic acids is 1. The zero-order valence-electron chi connectivity index (χ0n) is 12.4. The van der Waals surface area contributed by atoms with Crippen molar-refractivity contribution < 1.29 is 4.79 Å². The maximum Gasteiger partial charge on any atom is 0.240 e. The van der Waals surface area contributed by atoms with Gasteiger partial charge < -0.3 is 4.90 Å². The van der Waals surface area contributed by atoms with E-state index in [1.807, 2.05) is 35.0 Å². The Kier molecular flexibility index (Phi) is 6.63. The van der Waals surface area contributed by atoms with Gasteiger partial charge in [0.2, 0.25) is 5.91 Å². The molecule has 1 amide bonds. The summed E-state index contributed by atoms with van der Waals surface area (Å²) in [5.41, 5.74) is 0. The first-order chi connectivity index (χ1) is 10.7. The standard InChI is InChI=1S/C17H19N2OS2/c1-2-3-6-14(11-18)17(20)19(12-15-7-4-9-21-15)13-16-8-5-10-22-16/h4-5,7-10,14H,1-3,6,12-13H2/t14-/m0/s1. The van der Waals surface area contributed by atoms with E-state index in [0.29, 0.717) is 19.5 Å². The lowest BCUT2D eigenvalue weighted by atomic mass is 10.0. The van der Waals surface area contributed by atoms with Gasteiger partial charge in [-0.15, -0.1) is 22.7 Å². The molecule has 22 heavy (non-hydrogen) atoms. The molecular weight excluding hydrogens is 312 g/mol. The minimum atomic E-state index is -0.568. The van der Waals surface area contributed by atoms with Crippen LogP contribution in [0.4, 0.5) is 0 Å². The largest absolute Gasteiger partial charge is 0.331 e. The van der Waals surface area contributed by atoms with Crippen molar-refractivity contribution in [3.05, 3.63) is 51.7 Å².